The van der Waals surface area contributed by atoms with Crippen LogP contribution in [0.2, 0.25) is 0 Å². The van der Waals surface area contributed by atoms with Gasteiger partial charge in [-0.2, -0.15) is 0 Å². The smallest absolute Gasteiger partial charge is 0.255 e. The van der Waals surface area contributed by atoms with E-state index in [0.717, 1.165) is 19.4 Å². The first kappa shape index (κ1) is 20.9. The normalized spacial score (nSPS) is 16.4. The van der Waals surface area contributed by atoms with Crippen LogP contribution in [0.25, 0.3) is 0 Å². The highest BCUT2D eigenvalue weighted by atomic mass is 35.5. The Hall–Kier alpha value is -2.44. The van der Waals surface area contributed by atoms with Crippen LogP contribution in [0.5, 0.6) is 0 Å². The Balaban J connectivity index is 0.00000261. The molecule has 1 heterocycles. The fraction of sp³-hybridized carbons (Fsp3) is 0.300. The van der Waals surface area contributed by atoms with Crippen LogP contribution in [-0.2, 0) is 0 Å². The molecule has 27 heavy (non-hydrogen) atoms. The quantitative estimate of drug-likeness (QED) is 0.840. The molecular formula is C20H23ClFN3O2. The molecule has 1 saturated heterocycles. The lowest BCUT2D eigenvalue weighted by Crippen LogP contribution is -2.46. The van der Waals surface area contributed by atoms with E-state index in [1.165, 1.54) is 24.3 Å². The third-order valence-electron chi connectivity index (χ3n) is 4.59. The molecule has 3 rings (SSSR count). The van der Waals surface area contributed by atoms with Gasteiger partial charge in [0.25, 0.3) is 11.8 Å². The van der Waals surface area contributed by atoms with Crippen LogP contribution in [0.3, 0.4) is 0 Å². The molecule has 0 spiro atoms. The highest BCUT2D eigenvalue weighted by Gasteiger charge is 2.23. The van der Waals surface area contributed by atoms with E-state index in [-0.39, 0.29) is 24.2 Å². The number of hydrogen-bond donors (Lipinski definition) is 2. The molecule has 2 amide bonds. The van der Waals surface area contributed by atoms with Gasteiger partial charge in [0.2, 0.25) is 0 Å². The Morgan fingerprint density at radius 2 is 1.85 bits per heavy atom. The average Bonchev–Trinajstić information content (AvgIpc) is 2.68. The molecule has 0 aliphatic carbocycles. The number of anilines is 1. The topological polar surface area (TPSA) is 61.4 Å². The zero-order chi connectivity index (χ0) is 18.5. The Morgan fingerprint density at radius 3 is 2.56 bits per heavy atom. The number of amides is 2. The summed E-state index contributed by atoms with van der Waals surface area (Å²) in [5, 5.41) is 5.97. The van der Waals surface area contributed by atoms with E-state index in [0.29, 0.717) is 29.4 Å². The number of carbonyl (C=O) groups is 2. The van der Waals surface area contributed by atoms with Gasteiger partial charge in [-0.3, -0.25) is 9.59 Å². The zero-order valence-corrected chi connectivity index (χ0v) is 15.9. The highest BCUT2D eigenvalue weighted by molar-refractivity contribution is 6.05. The van der Waals surface area contributed by atoms with Crippen molar-refractivity contribution < 1.29 is 14.0 Å². The van der Waals surface area contributed by atoms with Gasteiger partial charge in [-0.25, -0.2) is 4.39 Å². The number of carbonyl (C=O) groups excluding carboxylic acids is 2. The van der Waals surface area contributed by atoms with E-state index in [1.807, 2.05) is 11.9 Å². The lowest BCUT2D eigenvalue weighted by Gasteiger charge is -2.32. The zero-order valence-electron chi connectivity index (χ0n) is 15.1. The first-order chi connectivity index (χ1) is 12.6. The lowest BCUT2D eigenvalue weighted by molar-refractivity contribution is 0.0698. The van der Waals surface area contributed by atoms with E-state index in [2.05, 4.69) is 10.6 Å². The monoisotopic (exact) mass is 391 g/mol. The van der Waals surface area contributed by atoms with Gasteiger partial charge in [0.15, 0.2) is 0 Å². The van der Waals surface area contributed by atoms with E-state index < -0.39 is 5.82 Å². The molecule has 1 aliphatic rings. The predicted molar refractivity (Wildman–Crippen MR) is 106 cm³/mol. The molecule has 0 aromatic heterocycles. The van der Waals surface area contributed by atoms with Crippen molar-refractivity contribution in [1.82, 2.24) is 10.2 Å². The van der Waals surface area contributed by atoms with Crippen molar-refractivity contribution in [2.45, 2.75) is 18.9 Å². The van der Waals surface area contributed by atoms with Gasteiger partial charge < -0.3 is 15.5 Å². The average molecular weight is 392 g/mol. The number of nitrogens with zero attached hydrogens (tertiary/aromatic N) is 1. The van der Waals surface area contributed by atoms with Gasteiger partial charge in [0.05, 0.1) is 0 Å². The Kier molecular flexibility index (Phi) is 7.33. The molecule has 7 heteroatoms. The number of likely N-dealkylation sites (N-methyl/N-ethyl adjacent to an activating group) is 1. The van der Waals surface area contributed by atoms with Crippen molar-refractivity contribution in [3.63, 3.8) is 0 Å². The molecular weight excluding hydrogens is 369 g/mol. The van der Waals surface area contributed by atoms with Crippen molar-refractivity contribution in [2.24, 2.45) is 0 Å². The number of hydrogen-bond acceptors (Lipinski definition) is 3. The summed E-state index contributed by atoms with van der Waals surface area (Å²) in [4.78, 5) is 26.8. The molecule has 144 valence electrons. The molecule has 2 N–H and O–H groups in total. The molecule has 2 aromatic carbocycles. The van der Waals surface area contributed by atoms with Crippen LogP contribution in [0.1, 0.15) is 33.6 Å². The molecule has 1 unspecified atom stereocenters. The third kappa shape index (κ3) is 5.28. The van der Waals surface area contributed by atoms with Crippen molar-refractivity contribution in [3.05, 3.63) is 65.5 Å². The van der Waals surface area contributed by atoms with Gasteiger partial charge in [0.1, 0.15) is 5.82 Å². The second kappa shape index (κ2) is 9.48. The molecule has 1 atom stereocenters. The molecule has 1 aliphatic heterocycles. The second-order valence-electron chi connectivity index (χ2n) is 6.42. The number of rotatable bonds is 4. The number of piperidine rings is 1. The number of halogens is 2. The van der Waals surface area contributed by atoms with Gasteiger partial charge >= 0.3 is 0 Å². The van der Waals surface area contributed by atoms with Gasteiger partial charge in [-0.15, -0.1) is 12.4 Å². The molecule has 0 radical (unpaired) electrons. The lowest BCUT2D eigenvalue weighted by atomic mass is 10.0. The molecule has 1 fully saturated rings. The van der Waals surface area contributed by atoms with Crippen LogP contribution in [0.4, 0.5) is 10.1 Å². The molecule has 0 bridgehead atoms. The minimum atomic E-state index is -0.393. The fourth-order valence-electron chi connectivity index (χ4n) is 3.11. The van der Waals surface area contributed by atoms with Crippen LogP contribution < -0.4 is 10.6 Å². The van der Waals surface area contributed by atoms with E-state index in [9.17, 15) is 14.0 Å². The Bertz CT molecular complexity index is 798. The van der Waals surface area contributed by atoms with Crippen LogP contribution in [0, 0.1) is 5.82 Å². The summed E-state index contributed by atoms with van der Waals surface area (Å²) in [6.07, 6.45) is 2.03. The summed E-state index contributed by atoms with van der Waals surface area (Å²) < 4.78 is 13.0. The van der Waals surface area contributed by atoms with E-state index in [1.54, 1.807) is 24.3 Å². The number of benzene rings is 2. The molecule has 0 saturated carbocycles. The minimum absolute atomic E-state index is 0. The maximum atomic E-state index is 13.0. The number of nitrogens with one attached hydrogen (secondary N) is 2. The minimum Gasteiger partial charge on any atom is -0.337 e. The summed E-state index contributed by atoms with van der Waals surface area (Å²) in [5.41, 5.74) is 1.43. The van der Waals surface area contributed by atoms with Gasteiger partial charge in [0, 0.05) is 35.9 Å². The van der Waals surface area contributed by atoms with Crippen LogP contribution in [-0.4, -0.2) is 42.9 Å². The van der Waals surface area contributed by atoms with Crippen molar-refractivity contribution in [2.75, 3.05) is 25.5 Å². The van der Waals surface area contributed by atoms with Crippen LogP contribution >= 0.6 is 12.4 Å². The first-order valence-electron chi connectivity index (χ1n) is 8.70. The van der Waals surface area contributed by atoms with Gasteiger partial charge in [-0.05, 0) is 62.4 Å². The molecule has 5 nitrogen and oxygen atoms in total. The largest absolute Gasteiger partial charge is 0.337 e. The van der Waals surface area contributed by atoms with Crippen molar-refractivity contribution in [3.8, 4) is 0 Å². The van der Waals surface area contributed by atoms with Crippen LogP contribution in [0.15, 0.2) is 48.5 Å². The predicted octanol–water partition coefficient (Wildman–Crippen LogP) is 3.32. The maximum absolute atomic E-state index is 13.0. The first-order valence-corrected chi connectivity index (χ1v) is 8.70. The van der Waals surface area contributed by atoms with Crippen molar-refractivity contribution >= 4 is 29.9 Å². The summed E-state index contributed by atoms with van der Waals surface area (Å²) in [7, 11) is 1.91. The standard InChI is InChI=1S/C20H22FN3O2.ClH/c1-22-18-6-3-11-24(13-18)20(26)15-4-2-5-17(12-15)23-19(25)14-7-9-16(21)10-8-14;/h2,4-5,7-10,12,18,22H,3,6,11,13H2,1H3,(H,23,25);1H. The summed E-state index contributed by atoms with van der Waals surface area (Å²) >= 11 is 0. The number of likely N-dealkylation sites (tertiary alicyclic amines) is 1. The SMILES string of the molecule is CNC1CCCN(C(=O)c2cccc(NC(=O)c3ccc(F)cc3)c2)C1.Cl. The maximum Gasteiger partial charge on any atom is 0.255 e. The Morgan fingerprint density at radius 1 is 1.11 bits per heavy atom. The summed E-state index contributed by atoms with van der Waals surface area (Å²) in [6, 6.07) is 12.5. The highest BCUT2D eigenvalue weighted by Crippen LogP contribution is 2.17. The summed E-state index contributed by atoms with van der Waals surface area (Å²) in [6.45, 7) is 1.42. The van der Waals surface area contributed by atoms with E-state index in [4.69, 9.17) is 0 Å². The summed E-state index contributed by atoms with van der Waals surface area (Å²) in [5.74, 6) is -0.777. The Labute approximate surface area is 164 Å². The third-order valence-corrected chi connectivity index (χ3v) is 4.59. The van der Waals surface area contributed by atoms with Crippen molar-refractivity contribution in [1.29, 1.82) is 0 Å². The second-order valence-corrected chi connectivity index (χ2v) is 6.42. The fourth-order valence-corrected chi connectivity index (χ4v) is 3.11. The van der Waals surface area contributed by atoms with E-state index >= 15 is 0 Å². The molecule has 2 aromatic rings. The van der Waals surface area contributed by atoms with Gasteiger partial charge in [-0.1, -0.05) is 6.07 Å².